The summed E-state index contributed by atoms with van der Waals surface area (Å²) in [5, 5.41) is 9.77. The van der Waals surface area contributed by atoms with Crippen molar-refractivity contribution in [2.45, 2.75) is 25.8 Å². The first-order valence-corrected chi connectivity index (χ1v) is 7.88. The Balaban J connectivity index is 1.64. The van der Waals surface area contributed by atoms with E-state index >= 15 is 0 Å². The Kier molecular flexibility index (Phi) is 4.29. The van der Waals surface area contributed by atoms with Crippen LogP contribution in [0.2, 0.25) is 0 Å². The van der Waals surface area contributed by atoms with Crippen molar-refractivity contribution in [1.82, 2.24) is 10.2 Å². The smallest absolute Gasteiger partial charge is 0.253 e. The van der Waals surface area contributed by atoms with Crippen molar-refractivity contribution >= 4 is 17.3 Å². The Bertz CT molecular complexity index is 511. The van der Waals surface area contributed by atoms with Gasteiger partial charge in [-0.15, -0.1) is 0 Å². The lowest BCUT2D eigenvalue weighted by atomic mass is 10.1. The molecule has 1 amide bonds. The van der Waals surface area contributed by atoms with Crippen LogP contribution >= 0.6 is 0 Å². The van der Waals surface area contributed by atoms with Gasteiger partial charge in [0.15, 0.2) is 0 Å². The van der Waals surface area contributed by atoms with E-state index in [-0.39, 0.29) is 11.9 Å². The zero-order chi connectivity index (χ0) is 14.7. The van der Waals surface area contributed by atoms with E-state index in [9.17, 15) is 4.79 Å². The second-order valence-electron chi connectivity index (χ2n) is 5.96. The van der Waals surface area contributed by atoms with Crippen molar-refractivity contribution in [2.75, 3.05) is 43.4 Å². The second kappa shape index (κ2) is 6.35. The van der Waals surface area contributed by atoms with E-state index in [1.165, 1.54) is 12.8 Å². The maximum absolute atomic E-state index is 12.5. The summed E-state index contributed by atoms with van der Waals surface area (Å²) in [6.07, 6.45) is 2.56. The molecule has 2 aliphatic rings. The van der Waals surface area contributed by atoms with Gasteiger partial charge in [-0.25, -0.2) is 0 Å². The number of hydrogen-bond donors (Lipinski definition) is 3. The van der Waals surface area contributed by atoms with E-state index in [2.05, 4.69) is 27.8 Å². The number of fused-ring (bicyclic) bond motifs is 1. The molecule has 1 saturated heterocycles. The standard InChI is InChI=1S/C16H24N4O/c1-12(11-20-9-2-3-10-20)19-16(21)13-5-4-6-14-15(13)18-8-7-17-14/h4-6,12,17-18H,2-3,7-11H2,1H3,(H,19,21). The number of hydrogen-bond acceptors (Lipinski definition) is 4. The van der Waals surface area contributed by atoms with Crippen molar-refractivity contribution in [2.24, 2.45) is 0 Å². The molecule has 5 heteroatoms. The molecule has 0 bridgehead atoms. The Morgan fingerprint density at radius 1 is 1.29 bits per heavy atom. The molecular weight excluding hydrogens is 264 g/mol. The van der Waals surface area contributed by atoms with Gasteiger partial charge in [-0.05, 0) is 45.0 Å². The highest BCUT2D eigenvalue weighted by atomic mass is 16.1. The summed E-state index contributed by atoms with van der Waals surface area (Å²) >= 11 is 0. The number of amides is 1. The van der Waals surface area contributed by atoms with Crippen molar-refractivity contribution in [1.29, 1.82) is 0 Å². The number of likely N-dealkylation sites (tertiary alicyclic amines) is 1. The molecule has 3 N–H and O–H groups in total. The fourth-order valence-electron chi connectivity index (χ4n) is 3.16. The Morgan fingerprint density at radius 2 is 2.05 bits per heavy atom. The summed E-state index contributed by atoms with van der Waals surface area (Å²) < 4.78 is 0. The van der Waals surface area contributed by atoms with E-state index in [1.54, 1.807) is 0 Å². The van der Waals surface area contributed by atoms with Gasteiger partial charge in [0, 0.05) is 25.7 Å². The van der Waals surface area contributed by atoms with Gasteiger partial charge in [0.05, 0.1) is 16.9 Å². The van der Waals surface area contributed by atoms with Crippen LogP contribution < -0.4 is 16.0 Å². The predicted molar refractivity (Wildman–Crippen MR) is 86.0 cm³/mol. The molecule has 1 atom stereocenters. The minimum absolute atomic E-state index is 0.00902. The van der Waals surface area contributed by atoms with Gasteiger partial charge in [-0.1, -0.05) is 6.07 Å². The van der Waals surface area contributed by atoms with Gasteiger partial charge >= 0.3 is 0 Å². The summed E-state index contributed by atoms with van der Waals surface area (Å²) in [7, 11) is 0. The summed E-state index contributed by atoms with van der Waals surface area (Å²) in [5.74, 6) is 0.00902. The molecular formula is C16H24N4O. The van der Waals surface area contributed by atoms with Crippen LogP contribution in [-0.2, 0) is 0 Å². The number of carbonyl (C=O) groups excluding carboxylic acids is 1. The van der Waals surface area contributed by atoms with Crippen molar-refractivity contribution in [3.8, 4) is 0 Å². The molecule has 5 nitrogen and oxygen atoms in total. The van der Waals surface area contributed by atoms with Crippen LogP contribution in [0.25, 0.3) is 0 Å². The SMILES string of the molecule is CC(CN1CCCC1)NC(=O)c1cccc2c1NCCN2. The molecule has 2 heterocycles. The van der Waals surface area contributed by atoms with Gasteiger partial charge in [0.2, 0.25) is 0 Å². The summed E-state index contributed by atoms with van der Waals surface area (Å²) in [6.45, 7) is 7.08. The van der Waals surface area contributed by atoms with Crippen molar-refractivity contribution in [3.63, 3.8) is 0 Å². The summed E-state index contributed by atoms with van der Waals surface area (Å²) in [5.41, 5.74) is 2.67. The number of nitrogens with one attached hydrogen (secondary N) is 3. The summed E-state index contributed by atoms with van der Waals surface area (Å²) in [4.78, 5) is 14.9. The van der Waals surface area contributed by atoms with E-state index in [0.717, 1.165) is 49.7 Å². The lowest BCUT2D eigenvalue weighted by molar-refractivity contribution is 0.0932. The number of rotatable bonds is 4. The van der Waals surface area contributed by atoms with Gasteiger partial charge < -0.3 is 20.9 Å². The molecule has 1 unspecified atom stereocenters. The molecule has 3 rings (SSSR count). The quantitative estimate of drug-likeness (QED) is 0.790. The largest absolute Gasteiger partial charge is 0.382 e. The average molecular weight is 288 g/mol. The summed E-state index contributed by atoms with van der Waals surface area (Å²) in [6, 6.07) is 5.99. The van der Waals surface area contributed by atoms with Crippen LogP contribution in [-0.4, -0.2) is 49.6 Å². The molecule has 2 aliphatic heterocycles. The fourth-order valence-corrected chi connectivity index (χ4v) is 3.16. The number of benzene rings is 1. The Hall–Kier alpha value is -1.75. The van der Waals surface area contributed by atoms with E-state index in [1.807, 2.05) is 18.2 Å². The third-order valence-corrected chi connectivity index (χ3v) is 4.16. The predicted octanol–water partition coefficient (Wildman–Crippen LogP) is 1.74. The first kappa shape index (κ1) is 14.2. The molecule has 0 spiro atoms. The van der Waals surface area contributed by atoms with Crippen LogP contribution in [0.5, 0.6) is 0 Å². The zero-order valence-corrected chi connectivity index (χ0v) is 12.6. The third kappa shape index (κ3) is 3.29. The highest BCUT2D eigenvalue weighted by Crippen LogP contribution is 2.28. The van der Waals surface area contributed by atoms with Crippen LogP contribution in [0.4, 0.5) is 11.4 Å². The van der Waals surface area contributed by atoms with Gasteiger partial charge in [0.25, 0.3) is 5.91 Å². The second-order valence-corrected chi connectivity index (χ2v) is 5.96. The van der Waals surface area contributed by atoms with Gasteiger partial charge in [-0.3, -0.25) is 4.79 Å². The maximum Gasteiger partial charge on any atom is 0.253 e. The molecule has 0 aromatic heterocycles. The molecule has 1 aromatic rings. The van der Waals surface area contributed by atoms with Gasteiger partial charge in [0.1, 0.15) is 0 Å². The topological polar surface area (TPSA) is 56.4 Å². The van der Waals surface area contributed by atoms with E-state index in [4.69, 9.17) is 0 Å². The first-order chi connectivity index (χ1) is 10.2. The monoisotopic (exact) mass is 288 g/mol. The highest BCUT2D eigenvalue weighted by molar-refractivity contribution is 6.02. The zero-order valence-electron chi connectivity index (χ0n) is 12.6. The van der Waals surface area contributed by atoms with Crippen LogP contribution in [0, 0.1) is 0 Å². The maximum atomic E-state index is 12.5. The molecule has 0 aliphatic carbocycles. The number of para-hydroxylation sites is 1. The van der Waals surface area contributed by atoms with E-state index in [0.29, 0.717) is 0 Å². The van der Waals surface area contributed by atoms with Crippen molar-refractivity contribution < 1.29 is 4.79 Å². The molecule has 114 valence electrons. The number of carbonyl (C=O) groups is 1. The normalized spacial score (nSPS) is 19.3. The molecule has 1 fully saturated rings. The van der Waals surface area contributed by atoms with Gasteiger partial charge in [-0.2, -0.15) is 0 Å². The molecule has 0 radical (unpaired) electrons. The minimum Gasteiger partial charge on any atom is -0.382 e. The number of anilines is 2. The third-order valence-electron chi connectivity index (χ3n) is 4.16. The number of nitrogens with zero attached hydrogens (tertiary/aromatic N) is 1. The molecule has 0 saturated carbocycles. The Morgan fingerprint density at radius 3 is 2.86 bits per heavy atom. The van der Waals surface area contributed by atoms with Crippen LogP contribution in [0.1, 0.15) is 30.1 Å². The van der Waals surface area contributed by atoms with Crippen molar-refractivity contribution in [3.05, 3.63) is 23.8 Å². The average Bonchev–Trinajstić information content (AvgIpc) is 2.99. The van der Waals surface area contributed by atoms with Crippen LogP contribution in [0.15, 0.2) is 18.2 Å². The molecule has 1 aromatic carbocycles. The Labute approximate surface area is 126 Å². The lowest BCUT2D eigenvalue weighted by Crippen LogP contribution is -2.41. The lowest BCUT2D eigenvalue weighted by Gasteiger charge is -2.24. The molecule has 21 heavy (non-hydrogen) atoms. The highest BCUT2D eigenvalue weighted by Gasteiger charge is 2.20. The minimum atomic E-state index is 0.00902. The first-order valence-electron chi connectivity index (χ1n) is 7.88. The fraction of sp³-hybridized carbons (Fsp3) is 0.562. The van der Waals surface area contributed by atoms with Crippen LogP contribution in [0.3, 0.4) is 0 Å². The van der Waals surface area contributed by atoms with E-state index < -0.39 is 0 Å².